The molecule has 0 fully saturated rings. The molecule has 1 aliphatic heterocycles. The first kappa shape index (κ1) is 19.1. The fourth-order valence-corrected chi connectivity index (χ4v) is 2.95. The van der Waals surface area contributed by atoms with Crippen molar-refractivity contribution in [3.05, 3.63) is 64.2 Å². The van der Waals surface area contributed by atoms with Gasteiger partial charge < -0.3 is 15.2 Å². The summed E-state index contributed by atoms with van der Waals surface area (Å²) in [6.07, 6.45) is 0. The number of hydrogen-bond acceptors (Lipinski definition) is 6. The second-order valence-corrected chi connectivity index (χ2v) is 6.30. The molecule has 2 aromatic carbocycles. The molecule has 0 atom stereocenters. The van der Waals surface area contributed by atoms with Crippen LogP contribution in [0.2, 0.25) is 0 Å². The Bertz CT molecular complexity index is 963. The average Bonchev–Trinajstić information content (AvgIpc) is 2.93. The summed E-state index contributed by atoms with van der Waals surface area (Å²) in [6, 6.07) is 9.45. The van der Waals surface area contributed by atoms with Crippen molar-refractivity contribution in [1.29, 1.82) is 0 Å². The number of phenols is 1. The van der Waals surface area contributed by atoms with Crippen molar-refractivity contribution in [2.45, 2.75) is 13.5 Å². The number of nitrogens with one attached hydrogen (secondary N) is 1. The number of hydrogen-bond donors (Lipinski definition) is 2. The van der Waals surface area contributed by atoms with Crippen LogP contribution in [0.1, 0.15) is 42.2 Å². The van der Waals surface area contributed by atoms with Gasteiger partial charge in [0.1, 0.15) is 11.3 Å². The highest BCUT2D eigenvalue weighted by molar-refractivity contribution is 6.21. The van der Waals surface area contributed by atoms with Crippen molar-refractivity contribution in [2.75, 3.05) is 13.7 Å². The Labute approximate surface area is 160 Å². The third-order valence-electron chi connectivity index (χ3n) is 4.41. The summed E-state index contributed by atoms with van der Waals surface area (Å²) in [6.45, 7) is 1.02. The molecule has 0 aromatic heterocycles. The molecular formula is C20H18N2O6. The number of phenolic OH excluding ortho intramolecular Hbond substituents is 1. The molecule has 8 nitrogen and oxygen atoms in total. The first-order chi connectivity index (χ1) is 13.3. The molecular weight excluding hydrogens is 364 g/mol. The molecule has 0 unspecified atom stereocenters. The van der Waals surface area contributed by atoms with Gasteiger partial charge in [0.05, 0.1) is 17.7 Å². The standard InChI is InChI=1S/C20H18N2O6/c1-11-7-12(8-15(17(11)24)20(27)28-10-16(23)21-2)9-22-18(25)13-5-3-4-6-14(13)19(22)26/h3-8,24H,9-10H2,1-2H3,(H,21,23). The average molecular weight is 382 g/mol. The third-order valence-corrected chi connectivity index (χ3v) is 4.41. The Hall–Kier alpha value is -3.68. The van der Waals surface area contributed by atoms with Gasteiger partial charge in [0.2, 0.25) is 0 Å². The van der Waals surface area contributed by atoms with Gasteiger partial charge in [-0.15, -0.1) is 0 Å². The fraction of sp³-hybridized carbons (Fsp3) is 0.200. The molecule has 0 saturated heterocycles. The predicted molar refractivity (Wildman–Crippen MR) is 97.8 cm³/mol. The van der Waals surface area contributed by atoms with Crippen LogP contribution in [0, 0.1) is 6.92 Å². The lowest BCUT2D eigenvalue weighted by atomic mass is 10.0. The molecule has 0 saturated carbocycles. The molecule has 1 aliphatic rings. The van der Waals surface area contributed by atoms with E-state index in [0.29, 0.717) is 22.3 Å². The quantitative estimate of drug-likeness (QED) is 0.597. The SMILES string of the molecule is CNC(=O)COC(=O)c1cc(CN2C(=O)c3ccccc3C2=O)cc(C)c1O. The van der Waals surface area contributed by atoms with Crippen molar-refractivity contribution < 1.29 is 29.0 Å². The van der Waals surface area contributed by atoms with Crippen LogP contribution in [0.3, 0.4) is 0 Å². The summed E-state index contributed by atoms with van der Waals surface area (Å²) in [4.78, 5) is 49.6. The zero-order valence-electron chi connectivity index (χ0n) is 15.3. The molecule has 1 heterocycles. The number of carbonyl (C=O) groups excluding carboxylic acids is 4. The maximum atomic E-state index is 12.5. The summed E-state index contributed by atoms with van der Waals surface area (Å²) in [5, 5.41) is 12.5. The lowest BCUT2D eigenvalue weighted by molar-refractivity contribution is -0.123. The monoisotopic (exact) mass is 382 g/mol. The van der Waals surface area contributed by atoms with E-state index >= 15 is 0 Å². The van der Waals surface area contributed by atoms with Crippen molar-refractivity contribution in [3.63, 3.8) is 0 Å². The second kappa shape index (κ2) is 7.51. The van der Waals surface area contributed by atoms with Crippen molar-refractivity contribution in [3.8, 4) is 5.75 Å². The Kier molecular flexibility index (Phi) is 5.12. The molecule has 0 spiro atoms. The van der Waals surface area contributed by atoms with E-state index < -0.39 is 30.3 Å². The van der Waals surface area contributed by atoms with Gasteiger partial charge in [-0.05, 0) is 36.2 Å². The van der Waals surface area contributed by atoms with Crippen LogP contribution in [0.4, 0.5) is 0 Å². The Morgan fingerprint density at radius 2 is 1.71 bits per heavy atom. The van der Waals surface area contributed by atoms with Gasteiger partial charge in [-0.1, -0.05) is 18.2 Å². The first-order valence-corrected chi connectivity index (χ1v) is 8.49. The van der Waals surface area contributed by atoms with E-state index in [0.717, 1.165) is 4.90 Å². The van der Waals surface area contributed by atoms with Crippen LogP contribution < -0.4 is 5.32 Å². The van der Waals surface area contributed by atoms with Crippen LogP contribution >= 0.6 is 0 Å². The zero-order valence-corrected chi connectivity index (χ0v) is 15.3. The molecule has 28 heavy (non-hydrogen) atoms. The van der Waals surface area contributed by atoms with Gasteiger partial charge in [0, 0.05) is 7.05 Å². The molecule has 2 N–H and O–H groups in total. The van der Waals surface area contributed by atoms with Crippen LogP contribution in [0.15, 0.2) is 36.4 Å². The minimum Gasteiger partial charge on any atom is -0.507 e. The minimum atomic E-state index is -0.881. The highest BCUT2D eigenvalue weighted by Crippen LogP contribution is 2.28. The fourth-order valence-electron chi connectivity index (χ4n) is 2.95. The van der Waals surface area contributed by atoms with E-state index in [1.54, 1.807) is 37.3 Å². The molecule has 0 radical (unpaired) electrons. The largest absolute Gasteiger partial charge is 0.507 e. The number of carbonyl (C=O) groups is 4. The van der Waals surface area contributed by atoms with Crippen LogP contribution in [0.25, 0.3) is 0 Å². The molecule has 0 bridgehead atoms. The Morgan fingerprint density at radius 3 is 2.29 bits per heavy atom. The highest BCUT2D eigenvalue weighted by Gasteiger charge is 2.35. The molecule has 3 rings (SSSR count). The number of ether oxygens (including phenoxy) is 1. The molecule has 8 heteroatoms. The summed E-state index contributed by atoms with van der Waals surface area (Å²) in [5.41, 5.74) is 1.36. The van der Waals surface area contributed by atoms with Gasteiger partial charge in [0.25, 0.3) is 17.7 Å². The first-order valence-electron chi connectivity index (χ1n) is 8.49. The van der Waals surface area contributed by atoms with Gasteiger partial charge >= 0.3 is 5.97 Å². The number of aryl methyl sites for hydroxylation is 1. The van der Waals surface area contributed by atoms with Crippen LogP contribution in [0.5, 0.6) is 5.75 Å². The molecule has 0 aliphatic carbocycles. The molecule has 144 valence electrons. The maximum absolute atomic E-state index is 12.5. The zero-order chi connectivity index (χ0) is 20.4. The number of esters is 1. The number of imide groups is 1. The van der Waals surface area contributed by atoms with E-state index in [9.17, 15) is 24.3 Å². The number of fused-ring (bicyclic) bond motifs is 1. The number of benzene rings is 2. The number of amides is 3. The predicted octanol–water partition coefficient (Wildman–Crippen LogP) is 1.40. The van der Waals surface area contributed by atoms with Crippen LogP contribution in [-0.2, 0) is 16.1 Å². The normalized spacial score (nSPS) is 12.7. The minimum absolute atomic E-state index is 0.0663. The lowest BCUT2D eigenvalue weighted by Gasteiger charge is -2.16. The van der Waals surface area contributed by atoms with Gasteiger partial charge in [-0.25, -0.2) is 4.79 Å². The van der Waals surface area contributed by atoms with Crippen molar-refractivity contribution in [1.82, 2.24) is 10.2 Å². The van der Waals surface area contributed by atoms with E-state index in [4.69, 9.17) is 4.74 Å². The number of nitrogens with zero attached hydrogens (tertiary/aromatic N) is 1. The maximum Gasteiger partial charge on any atom is 0.342 e. The topological polar surface area (TPSA) is 113 Å². The number of rotatable bonds is 5. The van der Waals surface area contributed by atoms with E-state index in [1.165, 1.54) is 13.1 Å². The van der Waals surface area contributed by atoms with Gasteiger partial charge in [-0.3, -0.25) is 19.3 Å². The summed E-state index contributed by atoms with van der Waals surface area (Å²) in [7, 11) is 1.40. The van der Waals surface area contributed by atoms with Gasteiger partial charge in [0.15, 0.2) is 6.61 Å². The van der Waals surface area contributed by atoms with E-state index in [1.807, 2.05) is 0 Å². The summed E-state index contributed by atoms with van der Waals surface area (Å²) < 4.78 is 4.88. The van der Waals surface area contributed by atoms with Crippen LogP contribution in [-0.4, -0.2) is 47.4 Å². The summed E-state index contributed by atoms with van der Waals surface area (Å²) in [5.74, 6) is -2.50. The number of likely N-dealkylation sites (N-methyl/N-ethyl adjacent to an activating group) is 1. The van der Waals surface area contributed by atoms with Crippen molar-refractivity contribution >= 4 is 23.7 Å². The third kappa shape index (κ3) is 3.44. The molecule has 3 amide bonds. The molecule has 2 aromatic rings. The second-order valence-electron chi connectivity index (χ2n) is 6.30. The summed E-state index contributed by atoms with van der Waals surface area (Å²) >= 11 is 0. The Morgan fingerprint density at radius 1 is 1.11 bits per heavy atom. The van der Waals surface area contributed by atoms with Gasteiger partial charge in [-0.2, -0.15) is 0 Å². The van der Waals surface area contributed by atoms with E-state index in [-0.39, 0.29) is 17.9 Å². The Balaban J connectivity index is 1.85. The number of aromatic hydroxyl groups is 1. The smallest absolute Gasteiger partial charge is 0.342 e. The van der Waals surface area contributed by atoms with E-state index in [2.05, 4.69) is 5.32 Å². The highest BCUT2D eigenvalue weighted by atomic mass is 16.5. The van der Waals surface area contributed by atoms with Crippen molar-refractivity contribution in [2.24, 2.45) is 0 Å². The lowest BCUT2D eigenvalue weighted by Crippen LogP contribution is -2.29.